The number of amides is 1. The topological polar surface area (TPSA) is 60.0 Å². The summed E-state index contributed by atoms with van der Waals surface area (Å²) in [5.41, 5.74) is 2.87. The van der Waals surface area contributed by atoms with Gasteiger partial charge in [0.05, 0.1) is 19.3 Å². The highest BCUT2D eigenvalue weighted by atomic mass is 16.6. The number of hydrogen-bond donors (Lipinski definition) is 1. The van der Waals surface area contributed by atoms with Crippen molar-refractivity contribution < 1.29 is 19.0 Å². The summed E-state index contributed by atoms with van der Waals surface area (Å²) in [5.74, 6) is 2.15. The molecule has 2 aromatic rings. The Morgan fingerprint density at radius 3 is 2.67 bits per heavy atom. The summed E-state index contributed by atoms with van der Waals surface area (Å²) in [6.07, 6.45) is 1.91. The van der Waals surface area contributed by atoms with Gasteiger partial charge >= 0.3 is 6.09 Å². The first-order chi connectivity index (χ1) is 15.9. The number of ether oxygens (including phenoxy) is 3. The van der Waals surface area contributed by atoms with E-state index >= 15 is 0 Å². The third kappa shape index (κ3) is 4.54. The fraction of sp³-hybridized carbons (Fsp3) is 0.519. The highest BCUT2D eigenvalue weighted by Crippen LogP contribution is 2.44. The van der Waals surface area contributed by atoms with Gasteiger partial charge in [0.1, 0.15) is 17.6 Å². The number of carbonyl (C=O) groups is 1. The Hall–Kier alpha value is -2.73. The van der Waals surface area contributed by atoms with Crippen LogP contribution in [0, 0.1) is 11.3 Å². The number of benzene rings is 2. The van der Waals surface area contributed by atoms with Crippen LogP contribution >= 0.6 is 0 Å². The molecule has 0 aromatic heterocycles. The van der Waals surface area contributed by atoms with Crippen molar-refractivity contribution in [2.45, 2.75) is 45.8 Å². The molecule has 0 aliphatic carbocycles. The van der Waals surface area contributed by atoms with E-state index in [2.05, 4.69) is 48.3 Å². The Labute approximate surface area is 196 Å². The first kappa shape index (κ1) is 22.1. The van der Waals surface area contributed by atoms with E-state index in [4.69, 9.17) is 14.2 Å². The molecule has 1 unspecified atom stereocenters. The van der Waals surface area contributed by atoms with Crippen LogP contribution in [0.1, 0.15) is 45.2 Å². The molecule has 4 heterocycles. The maximum Gasteiger partial charge on any atom is 0.407 e. The SMILES string of the molecule is CCOc1cccc(-c2ccc3c(c2)OCC(C)(C)C3NC(=O)O[C@H]2CN3CCC2CC3)c1. The van der Waals surface area contributed by atoms with E-state index in [1.165, 1.54) is 0 Å². The summed E-state index contributed by atoms with van der Waals surface area (Å²) in [6.45, 7) is 10.5. The van der Waals surface area contributed by atoms with Gasteiger partial charge in [-0.15, -0.1) is 0 Å². The molecule has 2 aromatic carbocycles. The molecular weight excluding hydrogens is 416 g/mol. The third-order valence-electron chi connectivity index (χ3n) is 7.30. The lowest BCUT2D eigenvalue weighted by Gasteiger charge is -2.44. The molecule has 6 nitrogen and oxygen atoms in total. The average molecular weight is 451 g/mol. The van der Waals surface area contributed by atoms with Crippen LogP contribution in [0.4, 0.5) is 4.79 Å². The zero-order chi connectivity index (χ0) is 23.0. The van der Waals surface area contributed by atoms with Crippen LogP contribution in [0.25, 0.3) is 11.1 Å². The van der Waals surface area contributed by atoms with Gasteiger partial charge in [0.2, 0.25) is 0 Å². The van der Waals surface area contributed by atoms with E-state index in [0.29, 0.717) is 19.1 Å². The summed E-state index contributed by atoms with van der Waals surface area (Å²) in [7, 11) is 0. The van der Waals surface area contributed by atoms with Gasteiger partial charge in [-0.1, -0.05) is 38.1 Å². The molecule has 4 aliphatic rings. The van der Waals surface area contributed by atoms with Crippen molar-refractivity contribution in [3.05, 3.63) is 48.0 Å². The van der Waals surface area contributed by atoms with Crippen LogP contribution < -0.4 is 14.8 Å². The normalized spacial score (nSPS) is 27.2. The molecule has 0 spiro atoms. The maximum atomic E-state index is 12.9. The van der Waals surface area contributed by atoms with Gasteiger partial charge in [0.15, 0.2) is 0 Å². The van der Waals surface area contributed by atoms with Gasteiger partial charge in [-0.05, 0) is 68.1 Å². The minimum Gasteiger partial charge on any atom is -0.494 e. The highest BCUT2D eigenvalue weighted by Gasteiger charge is 2.41. The number of carbonyl (C=O) groups excluding carboxylic acids is 1. The smallest absolute Gasteiger partial charge is 0.407 e. The van der Waals surface area contributed by atoms with Gasteiger partial charge in [0, 0.05) is 17.5 Å². The molecule has 3 fully saturated rings. The minimum atomic E-state index is -0.326. The second-order valence-electron chi connectivity index (χ2n) is 10.1. The van der Waals surface area contributed by atoms with Gasteiger partial charge < -0.3 is 19.5 Å². The van der Waals surface area contributed by atoms with Gasteiger partial charge in [-0.25, -0.2) is 4.79 Å². The Bertz CT molecular complexity index is 1010. The van der Waals surface area contributed by atoms with E-state index in [1.54, 1.807) is 0 Å². The molecule has 1 amide bonds. The lowest BCUT2D eigenvalue weighted by molar-refractivity contribution is -0.0361. The van der Waals surface area contributed by atoms with Crippen molar-refractivity contribution in [1.29, 1.82) is 0 Å². The Balaban J connectivity index is 1.34. The predicted molar refractivity (Wildman–Crippen MR) is 128 cm³/mol. The third-order valence-corrected chi connectivity index (χ3v) is 7.30. The van der Waals surface area contributed by atoms with Gasteiger partial charge in [-0.2, -0.15) is 0 Å². The van der Waals surface area contributed by atoms with Crippen molar-refractivity contribution >= 4 is 6.09 Å². The first-order valence-corrected chi connectivity index (χ1v) is 12.1. The van der Waals surface area contributed by atoms with E-state index in [1.807, 2.05) is 25.1 Å². The number of nitrogens with one attached hydrogen (secondary N) is 1. The van der Waals surface area contributed by atoms with Crippen molar-refractivity contribution in [1.82, 2.24) is 10.2 Å². The lowest BCUT2D eigenvalue weighted by atomic mass is 9.78. The molecule has 2 atom stereocenters. The Morgan fingerprint density at radius 2 is 1.94 bits per heavy atom. The number of rotatable bonds is 5. The van der Waals surface area contributed by atoms with E-state index in [-0.39, 0.29) is 23.7 Å². The maximum absolute atomic E-state index is 12.9. The van der Waals surface area contributed by atoms with Gasteiger partial charge in [0.25, 0.3) is 0 Å². The summed E-state index contributed by atoms with van der Waals surface area (Å²) >= 11 is 0. The van der Waals surface area contributed by atoms with Crippen LogP contribution in [0.3, 0.4) is 0 Å². The van der Waals surface area contributed by atoms with Crippen molar-refractivity contribution in [3.63, 3.8) is 0 Å². The van der Waals surface area contributed by atoms with Crippen LogP contribution in [-0.2, 0) is 4.74 Å². The molecule has 2 bridgehead atoms. The second kappa shape index (κ2) is 8.90. The number of hydrogen-bond acceptors (Lipinski definition) is 5. The molecule has 0 radical (unpaired) electrons. The summed E-state index contributed by atoms with van der Waals surface area (Å²) in [4.78, 5) is 15.3. The lowest BCUT2D eigenvalue weighted by Crippen LogP contribution is -2.53. The molecule has 6 rings (SSSR count). The van der Waals surface area contributed by atoms with Crippen molar-refractivity contribution in [2.24, 2.45) is 11.3 Å². The quantitative estimate of drug-likeness (QED) is 0.692. The van der Waals surface area contributed by atoms with Crippen LogP contribution in [0.5, 0.6) is 11.5 Å². The zero-order valence-electron chi connectivity index (χ0n) is 19.8. The Kier molecular flexibility index (Phi) is 5.95. The molecule has 176 valence electrons. The van der Waals surface area contributed by atoms with Crippen LogP contribution in [0.2, 0.25) is 0 Å². The first-order valence-electron chi connectivity index (χ1n) is 12.1. The summed E-state index contributed by atoms with van der Waals surface area (Å²) in [5, 5.41) is 3.18. The monoisotopic (exact) mass is 450 g/mol. The van der Waals surface area contributed by atoms with Crippen molar-refractivity contribution in [2.75, 3.05) is 32.8 Å². The standard InChI is InChI=1S/C27H34N2O4/c1-4-31-21-7-5-6-19(14-21)20-8-9-22-23(15-20)32-17-27(2,3)25(22)28-26(30)33-24-16-29-12-10-18(24)11-13-29/h5-9,14-15,18,24-25H,4,10-13,16-17H2,1-3H3,(H,28,30)/t24-,25?/m0/s1. The number of alkyl carbamates (subject to hydrolysis) is 1. The van der Waals surface area contributed by atoms with Gasteiger partial charge in [-0.3, -0.25) is 4.90 Å². The molecule has 0 saturated carbocycles. The summed E-state index contributed by atoms with van der Waals surface area (Å²) < 4.78 is 17.7. The molecule has 3 saturated heterocycles. The number of fused-ring (bicyclic) bond motifs is 4. The molecule has 33 heavy (non-hydrogen) atoms. The number of piperidine rings is 3. The summed E-state index contributed by atoms with van der Waals surface area (Å²) in [6, 6.07) is 14.1. The average Bonchev–Trinajstić information content (AvgIpc) is 2.82. The van der Waals surface area contributed by atoms with E-state index in [0.717, 1.165) is 60.7 Å². The van der Waals surface area contributed by atoms with Crippen molar-refractivity contribution in [3.8, 4) is 22.6 Å². The fourth-order valence-electron chi connectivity index (χ4n) is 5.38. The van der Waals surface area contributed by atoms with Crippen LogP contribution in [0.15, 0.2) is 42.5 Å². The van der Waals surface area contributed by atoms with Crippen LogP contribution in [-0.4, -0.2) is 49.9 Å². The minimum absolute atomic E-state index is 0.00471. The fourth-order valence-corrected chi connectivity index (χ4v) is 5.38. The highest BCUT2D eigenvalue weighted by molar-refractivity contribution is 5.71. The largest absolute Gasteiger partial charge is 0.494 e. The second-order valence-corrected chi connectivity index (χ2v) is 10.1. The Morgan fingerprint density at radius 1 is 1.15 bits per heavy atom. The number of nitrogens with zero attached hydrogens (tertiary/aromatic N) is 1. The zero-order valence-corrected chi connectivity index (χ0v) is 19.8. The molecule has 6 heteroatoms. The van der Waals surface area contributed by atoms with E-state index < -0.39 is 0 Å². The molecular formula is C27H34N2O4. The van der Waals surface area contributed by atoms with E-state index in [9.17, 15) is 4.79 Å². The molecule has 1 N–H and O–H groups in total. The predicted octanol–water partition coefficient (Wildman–Crippen LogP) is 5.03. The molecule has 4 aliphatic heterocycles.